The number of carbonyl (C=O) groups excluding carboxylic acids is 1. The number of halogens is 1. The van der Waals surface area contributed by atoms with Gasteiger partial charge in [0, 0.05) is 14.1 Å². The second kappa shape index (κ2) is 7.80. The topological polar surface area (TPSA) is 123 Å². The predicted octanol–water partition coefficient (Wildman–Crippen LogP) is 1.11. The van der Waals surface area contributed by atoms with Gasteiger partial charge in [-0.3, -0.25) is 4.79 Å². The minimum atomic E-state index is -4.50. The first-order valence-corrected chi connectivity index (χ1v) is 10.6. The average Bonchev–Trinajstić information content (AvgIpc) is 2.61. The molecule has 1 aromatic heterocycles. The highest BCUT2D eigenvalue weighted by Gasteiger charge is 2.29. The fourth-order valence-corrected chi connectivity index (χ4v) is 4.90. The molecule has 9 nitrogen and oxygen atoms in total. The predicted molar refractivity (Wildman–Crippen MR) is 97.8 cm³/mol. The van der Waals surface area contributed by atoms with E-state index in [2.05, 4.69) is 4.98 Å². The molecule has 146 valence electrons. The van der Waals surface area contributed by atoms with Gasteiger partial charge in [0.1, 0.15) is 15.5 Å². The maximum Gasteiger partial charge on any atom is 0.283 e. The molecule has 0 aliphatic carbocycles. The van der Waals surface area contributed by atoms with E-state index in [-0.39, 0.29) is 16.6 Å². The zero-order valence-corrected chi connectivity index (χ0v) is 16.9. The van der Waals surface area contributed by atoms with Crippen LogP contribution in [0.15, 0.2) is 46.2 Å². The van der Waals surface area contributed by atoms with Gasteiger partial charge in [-0.05, 0) is 24.3 Å². The van der Waals surface area contributed by atoms with E-state index in [1.165, 1.54) is 45.5 Å². The second-order valence-electron chi connectivity index (χ2n) is 5.36. The van der Waals surface area contributed by atoms with E-state index in [4.69, 9.17) is 16.3 Å². The highest BCUT2D eigenvalue weighted by Crippen LogP contribution is 2.24. The zero-order chi connectivity index (χ0) is 20.4. The van der Waals surface area contributed by atoms with Crippen molar-refractivity contribution in [2.75, 3.05) is 21.2 Å². The second-order valence-corrected chi connectivity index (χ2v) is 9.49. The number of pyridine rings is 1. The Morgan fingerprint density at radius 2 is 1.67 bits per heavy atom. The molecule has 0 radical (unpaired) electrons. The van der Waals surface area contributed by atoms with Gasteiger partial charge in [0.25, 0.3) is 15.9 Å². The van der Waals surface area contributed by atoms with E-state index < -0.39 is 35.7 Å². The summed E-state index contributed by atoms with van der Waals surface area (Å²) in [7, 11) is -4.68. The Morgan fingerprint density at radius 1 is 1.07 bits per heavy atom. The van der Waals surface area contributed by atoms with Crippen LogP contribution in [-0.2, 0) is 20.0 Å². The molecule has 0 fully saturated rings. The standard InChI is InChI=1S/C15H16ClN3O6S2/c1-19(2)27(23,24)13-7-5-4-6-12(13)26(21,22)18-15(20)10-8-9-11(25-3)14(16)17-10/h4-9H,1-3H3,(H,18,20). The van der Waals surface area contributed by atoms with Crippen LogP contribution >= 0.6 is 11.6 Å². The van der Waals surface area contributed by atoms with Gasteiger partial charge in [-0.2, -0.15) is 0 Å². The van der Waals surface area contributed by atoms with Crippen molar-refractivity contribution in [1.29, 1.82) is 0 Å². The van der Waals surface area contributed by atoms with Gasteiger partial charge in [0.05, 0.1) is 7.11 Å². The smallest absolute Gasteiger partial charge is 0.283 e. The summed E-state index contributed by atoms with van der Waals surface area (Å²) in [5.74, 6) is -0.866. The van der Waals surface area contributed by atoms with Gasteiger partial charge >= 0.3 is 0 Å². The van der Waals surface area contributed by atoms with Crippen LogP contribution in [0, 0.1) is 0 Å². The summed E-state index contributed by atoms with van der Waals surface area (Å²) in [6.45, 7) is 0. The summed E-state index contributed by atoms with van der Waals surface area (Å²) in [5, 5.41) is -0.127. The third kappa shape index (κ3) is 4.38. The van der Waals surface area contributed by atoms with Gasteiger partial charge < -0.3 is 4.74 Å². The van der Waals surface area contributed by atoms with Crippen molar-refractivity contribution in [3.63, 3.8) is 0 Å². The van der Waals surface area contributed by atoms with Crippen LogP contribution in [-0.4, -0.2) is 53.2 Å². The molecule has 2 rings (SSSR count). The van der Waals surface area contributed by atoms with E-state index in [9.17, 15) is 21.6 Å². The van der Waals surface area contributed by atoms with Crippen molar-refractivity contribution in [3.05, 3.63) is 47.2 Å². The molecule has 1 amide bonds. The summed E-state index contributed by atoms with van der Waals surface area (Å²) in [6, 6.07) is 7.51. The third-order valence-corrected chi connectivity index (χ3v) is 7.05. The lowest BCUT2D eigenvalue weighted by molar-refractivity contribution is 0.0976. The van der Waals surface area contributed by atoms with Crippen molar-refractivity contribution in [3.8, 4) is 5.75 Å². The molecule has 0 unspecified atom stereocenters. The number of sulfonamides is 2. The van der Waals surface area contributed by atoms with E-state index in [0.29, 0.717) is 0 Å². The van der Waals surface area contributed by atoms with Crippen molar-refractivity contribution < 1.29 is 26.4 Å². The Bertz CT molecular complexity index is 1080. The Morgan fingerprint density at radius 3 is 2.19 bits per heavy atom. The number of hydrogen-bond donors (Lipinski definition) is 1. The Labute approximate surface area is 162 Å². The number of hydrogen-bond acceptors (Lipinski definition) is 7. The van der Waals surface area contributed by atoms with Crippen molar-refractivity contribution in [2.45, 2.75) is 9.79 Å². The maximum atomic E-state index is 12.6. The molecule has 1 heterocycles. The molecular weight excluding hydrogens is 418 g/mol. The van der Waals surface area contributed by atoms with Crippen LogP contribution in [0.1, 0.15) is 10.5 Å². The number of benzene rings is 1. The van der Waals surface area contributed by atoms with Crippen LogP contribution in [0.3, 0.4) is 0 Å². The number of amides is 1. The van der Waals surface area contributed by atoms with Crippen molar-refractivity contribution >= 4 is 37.6 Å². The monoisotopic (exact) mass is 433 g/mol. The fourth-order valence-electron chi connectivity index (χ4n) is 2.01. The molecule has 0 saturated carbocycles. The van der Waals surface area contributed by atoms with Crippen LogP contribution in [0.4, 0.5) is 0 Å². The van der Waals surface area contributed by atoms with Gasteiger partial charge in [-0.15, -0.1) is 0 Å². The number of aromatic nitrogens is 1. The van der Waals surface area contributed by atoms with E-state index >= 15 is 0 Å². The highest BCUT2D eigenvalue weighted by atomic mass is 35.5. The summed E-state index contributed by atoms with van der Waals surface area (Å²) < 4.78 is 57.6. The largest absolute Gasteiger partial charge is 0.494 e. The molecule has 0 aliphatic rings. The van der Waals surface area contributed by atoms with Crippen LogP contribution in [0.25, 0.3) is 0 Å². The van der Waals surface area contributed by atoms with E-state index in [1.807, 2.05) is 0 Å². The Kier molecular flexibility index (Phi) is 6.10. The normalized spacial score (nSPS) is 12.0. The molecule has 27 heavy (non-hydrogen) atoms. The zero-order valence-electron chi connectivity index (χ0n) is 14.5. The molecule has 12 heteroatoms. The molecule has 0 spiro atoms. The summed E-state index contributed by atoms with van der Waals surface area (Å²) in [4.78, 5) is 15.0. The lowest BCUT2D eigenvalue weighted by atomic mass is 10.3. The van der Waals surface area contributed by atoms with Gasteiger partial charge in [-0.1, -0.05) is 23.7 Å². The molecular formula is C15H16ClN3O6S2. The molecule has 2 aromatic rings. The minimum Gasteiger partial charge on any atom is -0.494 e. The lowest BCUT2D eigenvalue weighted by Gasteiger charge is -2.15. The van der Waals surface area contributed by atoms with E-state index in [1.54, 1.807) is 4.72 Å². The number of ether oxygens (including phenoxy) is 1. The number of nitrogens with one attached hydrogen (secondary N) is 1. The summed E-state index contributed by atoms with van der Waals surface area (Å²) in [5.41, 5.74) is -0.280. The minimum absolute atomic E-state index is 0.127. The quantitative estimate of drug-likeness (QED) is 0.677. The third-order valence-electron chi connectivity index (χ3n) is 3.39. The number of methoxy groups -OCH3 is 1. The van der Waals surface area contributed by atoms with Gasteiger partial charge in [0.2, 0.25) is 10.0 Å². The SMILES string of the molecule is COc1ccc(C(=O)NS(=O)(=O)c2ccccc2S(=O)(=O)N(C)C)nc1Cl. The lowest BCUT2D eigenvalue weighted by Crippen LogP contribution is -2.33. The first-order chi connectivity index (χ1) is 12.5. The molecule has 0 saturated heterocycles. The number of rotatable bonds is 6. The number of nitrogens with zero attached hydrogens (tertiary/aromatic N) is 2. The first kappa shape index (κ1) is 21.1. The molecule has 1 N–H and O–H groups in total. The molecule has 0 atom stereocenters. The first-order valence-electron chi connectivity index (χ1n) is 7.30. The molecule has 0 aliphatic heterocycles. The van der Waals surface area contributed by atoms with Crippen molar-refractivity contribution in [2.24, 2.45) is 0 Å². The number of carbonyl (C=O) groups is 1. The summed E-state index contributed by atoms with van der Waals surface area (Å²) in [6.07, 6.45) is 0. The Hall–Kier alpha value is -2.21. The van der Waals surface area contributed by atoms with Gasteiger partial charge in [-0.25, -0.2) is 30.8 Å². The van der Waals surface area contributed by atoms with Gasteiger partial charge in [0.15, 0.2) is 10.9 Å². The fraction of sp³-hybridized carbons (Fsp3) is 0.200. The maximum absolute atomic E-state index is 12.6. The highest BCUT2D eigenvalue weighted by molar-refractivity contribution is 7.92. The van der Waals surface area contributed by atoms with Crippen LogP contribution in [0.2, 0.25) is 5.15 Å². The molecule has 1 aromatic carbocycles. The molecule has 0 bridgehead atoms. The van der Waals surface area contributed by atoms with E-state index in [0.717, 1.165) is 16.4 Å². The Balaban J connectivity index is 2.44. The average molecular weight is 434 g/mol. The van der Waals surface area contributed by atoms with Crippen LogP contribution < -0.4 is 9.46 Å². The summed E-state index contributed by atoms with van der Waals surface area (Å²) >= 11 is 5.83. The van der Waals surface area contributed by atoms with Crippen molar-refractivity contribution in [1.82, 2.24) is 14.0 Å². The van der Waals surface area contributed by atoms with Crippen LogP contribution in [0.5, 0.6) is 5.75 Å².